The molecule has 0 saturated carbocycles. The summed E-state index contributed by atoms with van der Waals surface area (Å²) in [6.45, 7) is 10.1. The van der Waals surface area contributed by atoms with Crippen LogP contribution in [0.1, 0.15) is 41.0 Å². The summed E-state index contributed by atoms with van der Waals surface area (Å²) < 4.78 is 10.9. The molecule has 0 aromatic heterocycles. The van der Waals surface area contributed by atoms with Gasteiger partial charge in [0.05, 0.1) is 5.60 Å². The lowest BCUT2D eigenvalue weighted by molar-refractivity contribution is -0.250. The van der Waals surface area contributed by atoms with Gasteiger partial charge in [-0.3, -0.25) is 0 Å². The molecule has 0 saturated heterocycles. The van der Waals surface area contributed by atoms with Crippen molar-refractivity contribution in [1.29, 1.82) is 0 Å². The monoisotopic (exact) mass is 160 g/mol. The zero-order valence-electron chi connectivity index (χ0n) is 8.52. The van der Waals surface area contributed by atoms with E-state index >= 15 is 0 Å². The third-order valence-electron chi connectivity index (χ3n) is 1.87. The van der Waals surface area contributed by atoms with Gasteiger partial charge < -0.3 is 9.47 Å². The van der Waals surface area contributed by atoms with Gasteiger partial charge in [0, 0.05) is 7.11 Å². The van der Waals surface area contributed by atoms with Crippen molar-refractivity contribution < 1.29 is 9.47 Å². The topological polar surface area (TPSA) is 18.5 Å². The highest BCUT2D eigenvalue weighted by atomic mass is 16.7. The van der Waals surface area contributed by atoms with E-state index in [4.69, 9.17) is 9.47 Å². The van der Waals surface area contributed by atoms with Crippen LogP contribution in [0.15, 0.2) is 0 Å². The molecule has 0 heterocycles. The van der Waals surface area contributed by atoms with Crippen molar-refractivity contribution in [2.45, 2.75) is 52.4 Å². The minimum atomic E-state index is -0.473. The van der Waals surface area contributed by atoms with Crippen LogP contribution in [0.2, 0.25) is 0 Å². The highest BCUT2D eigenvalue weighted by Gasteiger charge is 2.27. The quantitative estimate of drug-likeness (QED) is 0.588. The highest BCUT2D eigenvalue weighted by molar-refractivity contribution is 4.69. The van der Waals surface area contributed by atoms with Gasteiger partial charge in [-0.2, -0.15) is 0 Å². The molecule has 0 amide bonds. The van der Waals surface area contributed by atoms with E-state index in [1.54, 1.807) is 7.11 Å². The Bertz CT molecular complexity index is 103. The summed E-state index contributed by atoms with van der Waals surface area (Å²) in [5, 5.41) is 0. The zero-order chi connectivity index (χ0) is 9.12. The third-order valence-corrected chi connectivity index (χ3v) is 1.87. The predicted octanol–water partition coefficient (Wildman–Crippen LogP) is 2.57. The first-order valence-electron chi connectivity index (χ1n) is 4.08. The van der Waals surface area contributed by atoms with Crippen molar-refractivity contribution in [3.8, 4) is 0 Å². The molecule has 0 aliphatic heterocycles. The summed E-state index contributed by atoms with van der Waals surface area (Å²) in [5.41, 5.74) is -0.0977. The molecule has 0 radical (unpaired) electrons. The molecule has 0 N–H and O–H groups in total. The second-order valence-corrected chi connectivity index (χ2v) is 3.82. The van der Waals surface area contributed by atoms with Crippen LogP contribution in [-0.4, -0.2) is 18.5 Å². The van der Waals surface area contributed by atoms with Gasteiger partial charge >= 0.3 is 0 Å². The lowest BCUT2D eigenvalue weighted by Crippen LogP contribution is -2.37. The molecule has 2 heteroatoms. The molecule has 0 aliphatic rings. The lowest BCUT2D eigenvalue weighted by Gasteiger charge is -2.34. The Morgan fingerprint density at radius 3 is 1.82 bits per heavy atom. The number of hydrogen-bond acceptors (Lipinski definition) is 2. The normalized spacial score (nSPS) is 13.6. The summed E-state index contributed by atoms with van der Waals surface area (Å²) >= 11 is 0. The molecule has 0 fully saturated rings. The van der Waals surface area contributed by atoms with Gasteiger partial charge in [0.2, 0.25) is 0 Å². The van der Waals surface area contributed by atoms with Crippen LogP contribution in [0, 0.1) is 0 Å². The van der Waals surface area contributed by atoms with Crippen molar-refractivity contribution in [1.82, 2.24) is 0 Å². The van der Waals surface area contributed by atoms with Gasteiger partial charge in [-0.1, -0.05) is 6.92 Å². The Morgan fingerprint density at radius 1 is 1.09 bits per heavy atom. The molecule has 2 nitrogen and oxygen atoms in total. The molecule has 0 atom stereocenters. The van der Waals surface area contributed by atoms with Crippen molar-refractivity contribution in [3.63, 3.8) is 0 Å². The summed E-state index contributed by atoms with van der Waals surface area (Å²) in [5.74, 6) is -0.473. The van der Waals surface area contributed by atoms with Crippen molar-refractivity contribution >= 4 is 0 Å². The average Bonchev–Trinajstić information content (AvgIpc) is 1.86. The lowest BCUT2D eigenvalue weighted by atomic mass is 10.1. The molecular weight excluding hydrogens is 140 g/mol. The summed E-state index contributed by atoms with van der Waals surface area (Å²) in [6.07, 6.45) is 0.986. The fourth-order valence-corrected chi connectivity index (χ4v) is 0.779. The van der Waals surface area contributed by atoms with E-state index in [1.807, 2.05) is 13.8 Å². The minimum Gasteiger partial charge on any atom is -0.354 e. The van der Waals surface area contributed by atoms with Gasteiger partial charge in [-0.15, -0.1) is 0 Å². The first-order chi connectivity index (χ1) is 4.83. The number of ether oxygens (including phenoxy) is 2. The molecule has 68 valence electrons. The average molecular weight is 160 g/mol. The maximum Gasteiger partial charge on any atom is 0.163 e. The van der Waals surface area contributed by atoms with Crippen LogP contribution in [0.4, 0.5) is 0 Å². The Morgan fingerprint density at radius 2 is 1.55 bits per heavy atom. The predicted molar refractivity (Wildman–Crippen MR) is 46.5 cm³/mol. The smallest absolute Gasteiger partial charge is 0.163 e. The van der Waals surface area contributed by atoms with Gasteiger partial charge in [-0.25, -0.2) is 0 Å². The molecule has 0 spiro atoms. The van der Waals surface area contributed by atoms with E-state index in [-0.39, 0.29) is 5.60 Å². The van der Waals surface area contributed by atoms with E-state index in [0.717, 1.165) is 6.42 Å². The fraction of sp³-hybridized carbons (Fsp3) is 1.00. The highest BCUT2D eigenvalue weighted by Crippen LogP contribution is 2.22. The van der Waals surface area contributed by atoms with Crippen molar-refractivity contribution in [2.75, 3.05) is 7.11 Å². The van der Waals surface area contributed by atoms with Crippen molar-refractivity contribution in [3.05, 3.63) is 0 Å². The van der Waals surface area contributed by atoms with Gasteiger partial charge in [0.15, 0.2) is 5.79 Å². The molecule has 0 aromatic rings. The van der Waals surface area contributed by atoms with E-state index < -0.39 is 5.79 Å². The van der Waals surface area contributed by atoms with E-state index in [2.05, 4.69) is 20.8 Å². The zero-order valence-corrected chi connectivity index (χ0v) is 8.52. The molecular formula is C9H20O2. The number of rotatable bonds is 4. The maximum atomic E-state index is 5.70. The Hall–Kier alpha value is -0.0800. The first kappa shape index (κ1) is 10.9. The molecule has 0 aromatic carbocycles. The number of methoxy groups -OCH3 is 1. The van der Waals surface area contributed by atoms with E-state index in [1.165, 1.54) is 0 Å². The van der Waals surface area contributed by atoms with Gasteiger partial charge in [-0.05, 0) is 34.1 Å². The SMILES string of the molecule is CCC(C)(C)OC(C)(C)OC. The van der Waals surface area contributed by atoms with Crippen molar-refractivity contribution in [2.24, 2.45) is 0 Å². The largest absolute Gasteiger partial charge is 0.354 e. The standard InChI is InChI=1S/C9H20O2/c1-7-8(2,3)11-9(4,5)10-6/h7H2,1-6H3. The molecule has 0 rings (SSSR count). The summed E-state index contributed by atoms with van der Waals surface area (Å²) in [7, 11) is 1.66. The van der Waals surface area contributed by atoms with Gasteiger partial charge in [0.1, 0.15) is 0 Å². The second kappa shape index (κ2) is 3.55. The maximum absolute atomic E-state index is 5.70. The Labute approximate surface area is 69.9 Å². The van der Waals surface area contributed by atoms with Crippen LogP contribution >= 0.6 is 0 Å². The van der Waals surface area contributed by atoms with Crippen LogP contribution < -0.4 is 0 Å². The second-order valence-electron chi connectivity index (χ2n) is 3.82. The van der Waals surface area contributed by atoms with Gasteiger partial charge in [0.25, 0.3) is 0 Å². The van der Waals surface area contributed by atoms with Crippen LogP contribution in [0.3, 0.4) is 0 Å². The first-order valence-corrected chi connectivity index (χ1v) is 4.08. The molecule has 0 bridgehead atoms. The summed E-state index contributed by atoms with van der Waals surface area (Å²) in [4.78, 5) is 0. The van der Waals surface area contributed by atoms with Crippen LogP contribution in [0.5, 0.6) is 0 Å². The molecule has 0 unspecified atom stereocenters. The summed E-state index contributed by atoms with van der Waals surface area (Å²) in [6, 6.07) is 0. The molecule has 0 aliphatic carbocycles. The minimum absolute atomic E-state index is 0.0977. The Kier molecular flexibility index (Phi) is 3.52. The molecule has 11 heavy (non-hydrogen) atoms. The van der Waals surface area contributed by atoms with Crippen LogP contribution in [-0.2, 0) is 9.47 Å². The van der Waals surface area contributed by atoms with E-state index in [0.29, 0.717) is 0 Å². The Balaban J connectivity index is 4.02. The fourth-order valence-electron chi connectivity index (χ4n) is 0.779. The number of hydrogen-bond donors (Lipinski definition) is 0. The third kappa shape index (κ3) is 4.38. The van der Waals surface area contributed by atoms with Crippen LogP contribution in [0.25, 0.3) is 0 Å². The van der Waals surface area contributed by atoms with E-state index in [9.17, 15) is 0 Å².